The summed E-state index contributed by atoms with van der Waals surface area (Å²) < 4.78 is 10.8. The smallest absolute Gasteiger partial charge is 0.229 e. The van der Waals surface area contributed by atoms with Crippen LogP contribution in [0.4, 0.5) is 0 Å². The van der Waals surface area contributed by atoms with Crippen LogP contribution in [0.25, 0.3) is 5.57 Å². The third-order valence-electron chi connectivity index (χ3n) is 3.66. The van der Waals surface area contributed by atoms with E-state index in [0.717, 1.165) is 0 Å². The maximum atomic E-state index is 9.98. The van der Waals surface area contributed by atoms with Gasteiger partial charge in [0.25, 0.3) is 0 Å². The highest BCUT2D eigenvalue weighted by Gasteiger charge is 2.44. The molecule has 0 spiro atoms. The standard InChI is InChI=1S/C16H21N3O6/c1-3-9(11-7-17-19-18-11)5-6-10(4-2)24-16-15(23)14(22)13(21)12(8-20)25-16/h3-7,12-16,20-23H,1-2,8H2,(H,17,18,19)/b9-5+,10-6+. The fourth-order valence-electron chi connectivity index (χ4n) is 2.22. The zero-order valence-corrected chi connectivity index (χ0v) is 13.4. The molecule has 5 unspecified atom stereocenters. The van der Waals surface area contributed by atoms with Crippen molar-refractivity contribution in [3.05, 3.63) is 55.1 Å². The van der Waals surface area contributed by atoms with Gasteiger partial charge in [-0.1, -0.05) is 19.2 Å². The fraction of sp³-hybridized carbons (Fsp3) is 0.375. The highest BCUT2D eigenvalue weighted by Crippen LogP contribution is 2.24. The summed E-state index contributed by atoms with van der Waals surface area (Å²) in [7, 11) is 0. The van der Waals surface area contributed by atoms with Crippen molar-refractivity contribution in [3.63, 3.8) is 0 Å². The Bertz CT molecular complexity index is 640. The summed E-state index contributed by atoms with van der Waals surface area (Å²) in [6.45, 7) is 6.76. The summed E-state index contributed by atoms with van der Waals surface area (Å²) in [5.41, 5.74) is 1.23. The minimum absolute atomic E-state index is 0.229. The van der Waals surface area contributed by atoms with E-state index in [1.807, 2.05) is 0 Å². The second-order valence-corrected chi connectivity index (χ2v) is 5.27. The van der Waals surface area contributed by atoms with Gasteiger partial charge in [-0.05, 0) is 18.2 Å². The molecule has 0 amide bonds. The van der Waals surface area contributed by atoms with Crippen LogP contribution in [-0.2, 0) is 9.47 Å². The normalized spacial score (nSPS) is 30.8. The predicted octanol–water partition coefficient (Wildman–Crippen LogP) is -0.740. The summed E-state index contributed by atoms with van der Waals surface area (Å²) in [5, 5.41) is 48.8. The number of aromatic amines is 1. The van der Waals surface area contributed by atoms with Crippen LogP contribution in [0.15, 0.2) is 49.4 Å². The second-order valence-electron chi connectivity index (χ2n) is 5.27. The van der Waals surface area contributed by atoms with Gasteiger partial charge < -0.3 is 29.9 Å². The fourth-order valence-corrected chi connectivity index (χ4v) is 2.22. The average molecular weight is 351 g/mol. The molecule has 2 heterocycles. The Labute approximate surface area is 144 Å². The van der Waals surface area contributed by atoms with Crippen LogP contribution in [0.3, 0.4) is 0 Å². The number of allylic oxidation sites excluding steroid dienone is 5. The lowest BCUT2D eigenvalue weighted by atomic mass is 9.99. The van der Waals surface area contributed by atoms with Crippen molar-refractivity contribution in [1.82, 2.24) is 15.4 Å². The van der Waals surface area contributed by atoms with Gasteiger partial charge in [-0.15, -0.1) is 0 Å². The number of ether oxygens (including phenoxy) is 2. The Morgan fingerprint density at radius 2 is 1.96 bits per heavy atom. The van der Waals surface area contributed by atoms with Crippen molar-refractivity contribution in [2.24, 2.45) is 0 Å². The third kappa shape index (κ3) is 4.41. The van der Waals surface area contributed by atoms with Gasteiger partial charge in [-0.2, -0.15) is 15.4 Å². The first-order valence-electron chi connectivity index (χ1n) is 7.52. The molecule has 2 rings (SSSR count). The Morgan fingerprint density at radius 1 is 1.20 bits per heavy atom. The summed E-state index contributed by atoms with van der Waals surface area (Å²) in [4.78, 5) is 0. The Morgan fingerprint density at radius 3 is 2.52 bits per heavy atom. The summed E-state index contributed by atoms with van der Waals surface area (Å²) in [6.07, 6.45) is 0.853. The number of hydrogen-bond acceptors (Lipinski definition) is 8. The summed E-state index contributed by atoms with van der Waals surface area (Å²) in [6, 6.07) is 0. The zero-order valence-electron chi connectivity index (χ0n) is 13.4. The van der Waals surface area contributed by atoms with Gasteiger partial charge in [0.2, 0.25) is 6.29 Å². The number of H-pyrrole nitrogens is 1. The quantitative estimate of drug-likeness (QED) is 0.319. The molecule has 1 aliphatic rings. The summed E-state index contributed by atoms with van der Waals surface area (Å²) in [5.74, 6) is 0.229. The van der Waals surface area contributed by atoms with Gasteiger partial charge in [-0.3, -0.25) is 0 Å². The monoisotopic (exact) mass is 351 g/mol. The maximum absolute atomic E-state index is 9.98. The minimum Gasteiger partial charge on any atom is -0.462 e. The van der Waals surface area contributed by atoms with E-state index in [1.54, 1.807) is 18.2 Å². The van der Waals surface area contributed by atoms with Crippen molar-refractivity contribution in [2.75, 3.05) is 6.61 Å². The Kier molecular flexibility index (Phi) is 6.62. The van der Waals surface area contributed by atoms with E-state index < -0.39 is 37.3 Å². The molecule has 136 valence electrons. The van der Waals surface area contributed by atoms with Crippen molar-refractivity contribution in [2.45, 2.75) is 30.7 Å². The third-order valence-corrected chi connectivity index (χ3v) is 3.66. The summed E-state index contributed by atoms with van der Waals surface area (Å²) >= 11 is 0. The number of nitrogens with one attached hydrogen (secondary N) is 1. The van der Waals surface area contributed by atoms with Gasteiger partial charge in [-0.25, -0.2) is 0 Å². The van der Waals surface area contributed by atoms with Crippen molar-refractivity contribution in [3.8, 4) is 0 Å². The van der Waals surface area contributed by atoms with Crippen LogP contribution in [0, 0.1) is 0 Å². The van der Waals surface area contributed by atoms with Gasteiger partial charge in [0.05, 0.1) is 12.8 Å². The predicted molar refractivity (Wildman–Crippen MR) is 87.7 cm³/mol. The molecule has 0 radical (unpaired) electrons. The number of aromatic nitrogens is 3. The molecule has 0 bridgehead atoms. The van der Waals surface area contributed by atoms with E-state index in [0.29, 0.717) is 11.3 Å². The molecule has 1 aliphatic heterocycles. The van der Waals surface area contributed by atoms with Crippen LogP contribution >= 0.6 is 0 Å². The Hall–Kier alpha value is -2.30. The maximum Gasteiger partial charge on any atom is 0.229 e. The molecule has 1 aromatic rings. The largest absolute Gasteiger partial charge is 0.462 e. The molecule has 1 fully saturated rings. The molecular weight excluding hydrogens is 330 g/mol. The molecular formula is C16H21N3O6. The molecule has 0 saturated carbocycles. The van der Waals surface area contributed by atoms with Crippen molar-refractivity contribution >= 4 is 5.57 Å². The molecule has 5 atom stereocenters. The average Bonchev–Trinajstić information content (AvgIpc) is 3.15. The Balaban J connectivity index is 2.15. The topological polar surface area (TPSA) is 141 Å². The first-order valence-corrected chi connectivity index (χ1v) is 7.52. The first kappa shape index (κ1) is 19.0. The van der Waals surface area contributed by atoms with Crippen molar-refractivity contribution in [1.29, 1.82) is 0 Å². The van der Waals surface area contributed by atoms with E-state index in [4.69, 9.17) is 9.47 Å². The van der Waals surface area contributed by atoms with E-state index >= 15 is 0 Å². The number of nitrogens with zero attached hydrogens (tertiary/aromatic N) is 2. The molecule has 9 nitrogen and oxygen atoms in total. The lowest BCUT2D eigenvalue weighted by Crippen LogP contribution is -2.59. The number of aliphatic hydroxyl groups is 4. The number of hydrogen-bond donors (Lipinski definition) is 5. The molecule has 0 aromatic carbocycles. The van der Waals surface area contributed by atoms with Crippen LogP contribution in [0.1, 0.15) is 5.69 Å². The molecule has 0 aliphatic carbocycles. The van der Waals surface area contributed by atoms with Crippen LogP contribution in [0.5, 0.6) is 0 Å². The molecule has 9 heteroatoms. The van der Waals surface area contributed by atoms with Crippen molar-refractivity contribution < 1.29 is 29.9 Å². The number of aliphatic hydroxyl groups excluding tert-OH is 4. The highest BCUT2D eigenvalue weighted by molar-refractivity contribution is 5.71. The lowest BCUT2D eigenvalue weighted by Gasteiger charge is -2.39. The van der Waals surface area contributed by atoms with Gasteiger partial charge in [0.1, 0.15) is 35.9 Å². The molecule has 25 heavy (non-hydrogen) atoms. The van der Waals surface area contributed by atoms with Crippen LogP contribution < -0.4 is 0 Å². The first-order chi connectivity index (χ1) is 12.0. The molecule has 5 N–H and O–H groups in total. The molecule has 1 aromatic heterocycles. The lowest BCUT2D eigenvalue weighted by molar-refractivity contribution is -0.290. The van der Waals surface area contributed by atoms with Crippen LogP contribution in [-0.4, -0.2) is 73.1 Å². The number of rotatable bonds is 7. The van der Waals surface area contributed by atoms with E-state index in [9.17, 15) is 20.4 Å². The SMILES string of the molecule is C=C/C(=C\C=C(/C=C)c1cn[nH]n1)OC1OC(CO)C(O)C(O)C1O. The van der Waals surface area contributed by atoms with E-state index in [1.165, 1.54) is 12.3 Å². The van der Waals surface area contributed by atoms with E-state index in [2.05, 4.69) is 28.6 Å². The van der Waals surface area contributed by atoms with E-state index in [-0.39, 0.29) is 5.76 Å². The van der Waals surface area contributed by atoms with Gasteiger partial charge >= 0.3 is 0 Å². The molecule has 1 saturated heterocycles. The highest BCUT2D eigenvalue weighted by atomic mass is 16.7. The minimum atomic E-state index is -1.52. The van der Waals surface area contributed by atoms with Gasteiger partial charge in [0, 0.05) is 5.57 Å². The second kappa shape index (κ2) is 8.70. The van der Waals surface area contributed by atoms with Gasteiger partial charge in [0.15, 0.2) is 0 Å². The zero-order chi connectivity index (χ0) is 18.4. The van der Waals surface area contributed by atoms with Crippen LogP contribution in [0.2, 0.25) is 0 Å².